The van der Waals surface area contributed by atoms with Gasteiger partial charge in [-0.2, -0.15) is 13.2 Å². The normalized spacial score (nSPS) is 19.5. The summed E-state index contributed by atoms with van der Waals surface area (Å²) < 4.78 is 41.6. The summed E-state index contributed by atoms with van der Waals surface area (Å²) in [4.78, 5) is 14.8. The van der Waals surface area contributed by atoms with E-state index in [1.54, 1.807) is 0 Å². The number of rotatable bonds is 3. The highest BCUT2D eigenvalue weighted by molar-refractivity contribution is 6.34. The van der Waals surface area contributed by atoms with E-state index in [1.807, 2.05) is 0 Å². The van der Waals surface area contributed by atoms with Crippen molar-refractivity contribution in [1.29, 1.82) is 0 Å². The summed E-state index contributed by atoms with van der Waals surface area (Å²) in [5, 5.41) is 20.4. The summed E-state index contributed by atoms with van der Waals surface area (Å²) in [5.41, 5.74) is -1.77. The fourth-order valence-electron chi connectivity index (χ4n) is 2.60. The highest BCUT2D eigenvalue weighted by Crippen LogP contribution is 2.48. The molecule has 1 aliphatic heterocycles. The third-order valence-electron chi connectivity index (χ3n) is 3.87. The molecule has 1 aliphatic rings. The molecule has 0 amide bonds. The van der Waals surface area contributed by atoms with Crippen LogP contribution in [-0.2, 0) is 10.4 Å². The molecule has 0 saturated heterocycles. The van der Waals surface area contributed by atoms with E-state index in [9.17, 15) is 28.4 Å². The summed E-state index contributed by atoms with van der Waals surface area (Å²) in [6, 6.07) is 6.51. The van der Waals surface area contributed by atoms with Crippen LogP contribution in [0.3, 0.4) is 0 Å². The maximum absolute atomic E-state index is 13.9. The van der Waals surface area contributed by atoms with Gasteiger partial charge in [0.05, 0.1) is 10.6 Å². The quantitative estimate of drug-likeness (QED) is 0.542. The number of aromatic hydroxyl groups is 1. The lowest BCUT2D eigenvalue weighted by molar-refractivity contribution is -0.385. The first-order valence-electron chi connectivity index (χ1n) is 7.21. The zero-order chi connectivity index (χ0) is 20.0. The Labute approximate surface area is 159 Å². The number of alkyl halides is 3. The van der Waals surface area contributed by atoms with Crippen molar-refractivity contribution < 1.29 is 28.0 Å². The van der Waals surface area contributed by atoms with E-state index in [1.165, 1.54) is 12.1 Å². The van der Waals surface area contributed by atoms with Gasteiger partial charge in [-0.15, -0.1) is 0 Å². The smallest absolute Gasteiger partial charge is 0.428 e. The number of phenolic OH excluding ortho intramolecular Hbond substituents is 1. The number of nitrogens with one attached hydrogen (secondary N) is 1. The zero-order valence-corrected chi connectivity index (χ0v) is 14.6. The molecule has 0 bridgehead atoms. The van der Waals surface area contributed by atoms with Crippen molar-refractivity contribution >= 4 is 34.6 Å². The van der Waals surface area contributed by atoms with Gasteiger partial charge in [0.15, 0.2) is 5.75 Å². The Morgan fingerprint density at radius 1 is 1.15 bits per heavy atom. The van der Waals surface area contributed by atoms with Gasteiger partial charge >= 0.3 is 11.9 Å². The van der Waals surface area contributed by atoms with Crippen molar-refractivity contribution in [3.05, 3.63) is 73.8 Å². The van der Waals surface area contributed by atoms with Gasteiger partial charge < -0.3 is 5.11 Å². The number of nitro groups is 1. The minimum atomic E-state index is -4.89. The highest BCUT2D eigenvalue weighted by Gasteiger charge is 2.59. The molecule has 11 heteroatoms. The summed E-state index contributed by atoms with van der Waals surface area (Å²) in [5.74, 6) is -0.699. The molecular formula is C16H9Cl2F3N2O4. The Morgan fingerprint density at radius 2 is 1.78 bits per heavy atom. The van der Waals surface area contributed by atoms with Crippen molar-refractivity contribution in [2.75, 3.05) is 0 Å². The van der Waals surface area contributed by atoms with Crippen LogP contribution in [0.25, 0.3) is 5.70 Å². The summed E-state index contributed by atoms with van der Waals surface area (Å²) in [6.45, 7) is 0. The van der Waals surface area contributed by atoms with Gasteiger partial charge in [-0.1, -0.05) is 23.2 Å². The molecule has 2 aromatic carbocycles. The third-order valence-corrected chi connectivity index (χ3v) is 4.30. The molecule has 0 aromatic heterocycles. The predicted molar refractivity (Wildman–Crippen MR) is 91.2 cm³/mol. The van der Waals surface area contributed by atoms with Crippen LogP contribution in [0.15, 0.2) is 42.5 Å². The Hall–Kier alpha value is -2.49. The molecule has 0 radical (unpaired) electrons. The molecule has 2 aromatic rings. The third kappa shape index (κ3) is 3.41. The molecule has 0 fully saturated rings. The first-order chi connectivity index (χ1) is 12.5. The number of hydroxylamine groups is 1. The van der Waals surface area contributed by atoms with Crippen LogP contribution < -0.4 is 5.48 Å². The van der Waals surface area contributed by atoms with Crippen molar-refractivity contribution in [1.82, 2.24) is 5.48 Å². The standard InChI is InChI=1S/C16H9Cl2F3N2O4/c17-10-4-9(5-11(18)6-10)15(16(19,20)21)7-12(22-27-15)8-1-2-13(23(25)26)14(24)3-8/h1-7,22,24H. The molecule has 3 rings (SSSR count). The average molecular weight is 421 g/mol. The lowest BCUT2D eigenvalue weighted by Gasteiger charge is -2.28. The second-order valence-electron chi connectivity index (χ2n) is 5.61. The maximum atomic E-state index is 13.9. The minimum absolute atomic E-state index is 0.0143. The number of halogens is 5. The van der Waals surface area contributed by atoms with Crippen LogP contribution in [-0.4, -0.2) is 16.2 Å². The highest BCUT2D eigenvalue weighted by atomic mass is 35.5. The molecule has 1 unspecified atom stereocenters. The van der Waals surface area contributed by atoms with E-state index in [0.717, 1.165) is 30.3 Å². The molecule has 1 atom stereocenters. The number of benzene rings is 2. The zero-order valence-electron chi connectivity index (χ0n) is 13.1. The van der Waals surface area contributed by atoms with Crippen LogP contribution >= 0.6 is 23.2 Å². The maximum Gasteiger partial charge on any atom is 0.428 e. The lowest BCUT2D eigenvalue weighted by Crippen LogP contribution is -2.42. The average Bonchev–Trinajstić information content (AvgIpc) is 3.00. The first-order valence-corrected chi connectivity index (χ1v) is 7.97. The molecule has 6 nitrogen and oxygen atoms in total. The van der Waals surface area contributed by atoms with Crippen molar-refractivity contribution in [2.45, 2.75) is 11.8 Å². The van der Waals surface area contributed by atoms with Gasteiger partial charge in [0.25, 0.3) is 0 Å². The van der Waals surface area contributed by atoms with Crippen LogP contribution in [0.4, 0.5) is 18.9 Å². The molecular weight excluding hydrogens is 412 g/mol. The Morgan fingerprint density at radius 3 is 2.30 bits per heavy atom. The van der Waals surface area contributed by atoms with Gasteiger partial charge in [-0.25, -0.2) is 0 Å². The van der Waals surface area contributed by atoms with Gasteiger partial charge in [0.2, 0.25) is 5.60 Å². The number of nitrogens with zero attached hydrogens (tertiary/aromatic N) is 1. The largest absolute Gasteiger partial charge is 0.502 e. The summed E-state index contributed by atoms with van der Waals surface area (Å²) in [6.07, 6.45) is -4.14. The second-order valence-corrected chi connectivity index (χ2v) is 6.49. The number of nitro benzene ring substituents is 1. The Balaban J connectivity index is 2.12. The van der Waals surface area contributed by atoms with Crippen LogP contribution in [0.5, 0.6) is 5.75 Å². The monoisotopic (exact) mass is 420 g/mol. The Kier molecular flexibility index (Phi) is 4.71. The summed E-state index contributed by atoms with van der Waals surface area (Å²) in [7, 11) is 0. The molecule has 2 N–H and O–H groups in total. The van der Waals surface area contributed by atoms with Crippen molar-refractivity contribution in [3.8, 4) is 5.75 Å². The molecule has 0 spiro atoms. The topological polar surface area (TPSA) is 84.6 Å². The number of phenols is 1. The molecule has 0 saturated carbocycles. The van der Waals surface area contributed by atoms with E-state index in [-0.39, 0.29) is 26.9 Å². The Bertz CT molecular complexity index is 945. The van der Waals surface area contributed by atoms with E-state index < -0.39 is 28.1 Å². The van der Waals surface area contributed by atoms with Crippen LogP contribution in [0.2, 0.25) is 10.0 Å². The van der Waals surface area contributed by atoms with Crippen LogP contribution in [0.1, 0.15) is 11.1 Å². The van der Waals surface area contributed by atoms with Gasteiger partial charge in [0.1, 0.15) is 0 Å². The first kappa shape index (κ1) is 19.3. The van der Waals surface area contributed by atoms with Gasteiger partial charge in [-0.3, -0.25) is 20.4 Å². The van der Waals surface area contributed by atoms with Gasteiger partial charge in [0, 0.05) is 27.2 Å². The fraction of sp³-hybridized carbons (Fsp3) is 0.125. The fourth-order valence-corrected chi connectivity index (χ4v) is 3.13. The van der Waals surface area contributed by atoms with Gasteiger partial charge in [-0.05, 0) is 36.4 Å². The molecule has 0 aliphatic carbocycles. The van der Waals surface area contributed by atoms with E-state index in [0.29, 0.717) is 0 Å². The van der Waals surface area contributed by atoms with E-state index >= 15 is 0 Å². The predicted octanol–water partition coefficient (Wildman–Crippen LogP) is 4.94. The molecule has 27 heavy (non-hydrogen) atoms. The summed E-state index contributed by atoms with van der Waals surface area (Å²) >= 11 is 11.6. The number of hydrogen-bond donors (Lipinski definition) is 2. The van der Waals surface area contributed by atoms with E-state index in [4.69, 9.17) is 28.0 Å². The minimum Gasteiger partial charge on any atom is -0.502 e. The van der Waals surface area contributed by atoms with Crippen molar-refractivity contribution in [2.24, 2.45) is 0 Å². The van der Waals surface area contributed by atoms with Crippen LogP contribution in [0, 0.1) is 10.1 Å². The van der Waals surface area contributed by atoms with E-state index in [2.05, 4.69) is 5.48 Å². The lowest BCUT2D eigenvalue weighted by atomic mass is 9.91. The van der Waals surface area contributed by atoms with Crippen molar-refractivity contribution in [3.63, 3.8) is 0 Å². The SMILES string of the molecule is O=[N+]([O-])c1ccc(C2=CC(c3cc(Cl)cc(Cl)c3)(C(F)(F)F)ON2)cc1O. The second kappa shape index (κ2) is 6.59. The molecule has 1 heterocycles. The number of hydrogen-bond acceptors (Lipinski definition) is 5. The molecule has 142 valence electrons.